The Morgan fingerprint density at radius 2 is 1.80 bits per heavy atom. The molecule has 0 atom stereocenters. The Morgan fingerprint density at radius 3 is 2.33 bits per heavy atom. The second kappa shape index (κ2) is 4.26. The van der Waals surface area contributed by atoms with Crippen molar-refractivity contribution in [2.75, 3.05) is 0 Å². The van der Waals surface area contributed by atoms with Gasteiger partial charge in [-0.25, -0.2) is 9.97 Å². The largest absolute Gasteiger partial charge is 0.245 e. The van der Waals surface area contributed by atoms with Gasteiger partial charge in [-0.2, -0.15) is 0 Å². The van der Waals surface area contributed by atoms with E-state index in [1.165, 1.54) is 14.7 Å². The number of hydrogen-bond acceptors (Lipinski definition) is 2. The van der Waals surface area contributed by atoms with Crippen LogP contribution in [0.25, 0.3) is 11.3 Å². The van der Waals surface area contributed by atoms with Gasteiger partial charge >= 0.3 is 0 Å². The molecule has 76 valence electrons. The van der Waals surface area contributed by atoms with E-state index in [9.17, 15) is 0 Å². The molecule has 0 bridgehead atoms. The molecule has 0 amide bonds. The third-order valence-electron chi connectivity index (χ3n) is 2.31. The summed E-state index contributed by atoms with van der Waals surface area (Å²) in [5.74, 6) is 0. The Hall–Kier alpha value is -0.970. The fraction of sp³-hybridized carbons (Fsp3) is 0.167. The Morgan fingerprint density at radius 1 is 1.13 bits per heavy atom. The molecule has 0 fully saturated rings. The third-order valence-corrected chi connectivity index (χ3v) is 4.02. The molecular formula is C12H11IN2. The van der Waals surface area contributed by atoms with Crippen molar-refractivity contribution in [3.05, 3.63) is 45.4 Å². The lowest BCUT2D eigenvalue weighted by Gasteiger charge is -2.07. The zero-order valence-electron chi connectivity index (χ0n) is 8.66. The molecule has 0 unspecified atom stereocenters. The Balaban J connectivity index is 2.56. The van der Waals surface area contributed by atoms with Crippen molar-refractivity contribution in [1.82, 2.24) is 9.97 Å². The van der Waals surface area contributed by atoms with Crippen LogP contribution in [-0.4, -0.2) is 9.97 Å². The third kappa shape index (κ3) is 2.17. The number of rotatable bonds is 1. The highest BCUT2D eigenvalue weighted by Gasteiger charge is 2.04. The molecule has 0 aliphatic rings. The molecule has 2 rings (SSSR count). The first-order chi connectivity index (χ1) is 7.18. The smallest absolute Gasteiger partial charge is 0.116 e. The van der Waals surface area contributed by atoms with Gasteiger partial charge in [-0.1, -0.05) is 0 Å². The first-order valence-electron chi connectivity index (χ1n) is 4.71. The quantitative estimate of drug-likeness (QED) is 0.755. The van der Waals surface area contributed by atoms with Crippen molar-refractivity contribution in [3.8, 4) is 11.3 Å². The van der Waals surface area contributed by atoms with Gasteiger partial charge in [0.25, 0.3) is 0 Å². The van der Waals surface area contributed by atoms with Gasteiger partial charge < -0.3 is 0 Å². The Labute approximate surface area is 103 Å². The molecule has 0 saturated heterocycles. The van der Waals surface area contributed by atoms with E-state index in [1.54, 1.807) is 12.5 Å². The van der Waals surface area contributed by atoms with E-state index in [4.69, 9.17) is 0 Å². The zero-order valence-corrected chi connectivity index (χ0v) is 10.8. The Bertz CT molecular complexity index is 457. The van der Waals surface area contributed by atoms with E-state index in [-0.39, 0.29) is 0 Å². The highest BCUT2D eigenvalue weighted by Crippen LogP contribution is 2.24. The first-order valence-corrected chi connectivity index (χ1v) is 5.79. The number of aromatic nitrogens is 2. The van der Waals surface area contributed by atoms with Crippen LogP contribution in [0.2, 0.25) is 0 Å². The van der Waals surface area contributed by atoms with Crippen LogP contribution in [0.1, 0.15) is 11.1 Å². The Kier molecular flexibility index (Phi) is 3.00. The molecular weight excluding hydrogens is 299 g/mol. The van der Waals surface area contributed by atoms with Gasteiger partial charge in [0.2, 0.25) is 0 Å². The summed E-state index contributed by atoms with van der Waals surface area (Å²) in [6, 6.07) is 6.26. The highest BCUT2D eigenvalue weighted by molar-refractivity contribution is 14.1. The van der Waals surface area contributed by atoms with Crippen LogP contribution in [0.15, 0.2) is 30.7 Å². The summed E-state index contributed by atoms with van der Waals surface area (Å²) >= 11 is 2.37. The molecule has 0 saturated carbocycles. The minimum atomic E-state index is 0.979. The van der Waals surface area contributed by atoms with Crippen LogP contribution in [-0.2, 0) is 0 Å². The summed E-state index contributed by atoms with van der Waals surface area (Å²) < 4.78 is 1.32. The van der Waals surface area contributed by atoms with Gasteiger partial charge in [-0.3, -0.25) is 0 Å². The van der Waals surface area contributed by atoms with Gasteiger partial charge in [0.1, 0.15) is 6.33 Å². The lowest BCUT2D eigenvalue weighted by molar-refractivity contribution is 1.17. The monoisotopic (exact) mass is 310 g/mol. The molecule has 0 spiro atoms. The van der Waals surface area contributed by atoms with Crippen molar-refractivity contribution in [2.45, 2.75) is 13.8 Å². The molecule has 1 aromatic heterocycles. The lowest BCUT2D eigenvalue weighted by atomic mass is 10.1. The van der Waals surface area contributed by atoms with Crippen LogP contribution in [0, 0.1) is 17.4 Å². The first kappa shape index (κ1) is 10.5. The summed E-state index contributed by atoms with van der Waals surface area (Å²) in [7, 11) is 0. The van der Waals surface area contributed by atoms with Crippen LogP contribution in [0.3, 0.4) is 0 Å². The lowest BCUT2D eigenvalue weighted by Crippen LogP contribution is -1.90. The molecule has 0 radical (unpaired) electrons. The van der Waals surface area contributed by atoms with E-state index < -0.39 is 0 Å². The second-order valence-corrected chi connectivity index (χ2v) is 4.60. The number of hydrogen-bond donors (Lipinski definition) is 0. The summed E-state index contributed by atoms with van der Waals surface area (Å²) in [5, 5.41) is 0. The number of aryl methyl sites for hydroxylation is 2. The van der Waals surface area contributed by atoms with Crippen LogP contribution >= 0.6 is 22.6 Å². The van der Waals surface area contributed by atoms with Crippen LogP contribution in [0.4, 0.5) is 0 Å². The van der Waals surface area contributed by atoms with Crippen molar-refractivity contribution in [3.63, 3.8) is 0 Å². The van der Waals surface area contributed by atoms with Gasteiger partial charge in [0, 0.05) is 15.3 Å². The normalized spacial score (nSPS) is 10.3. The zero-order chi connectivity index (χ0) is 10.8. The summed E-state index contributed by atoms with van der Waals surface area (Å²) in [4.78, 5) is 8.17. The van der Waals surface area contributed by atoms with Crippen LogP contribution in [0.5, 0.6) is 0 Å². The molecule has 2 nitrogen and oxygen atoms in total. The van der Waals surface area contributed by atoms with Crippen molar-refractivity contribution >= 4 is 22.6 Å². The van der Waals surface area contributed by atoms with Gasteiger partial charge in [-0.05, 0) is 65.8 Å². The summed E-state index contributed by atoms with van der Waals surface area (Å²) in [5.41, 5.74) is 4.73. The van der Waals surface area contributed by atoms with E-state index >= 15 is 0 Å². The van der Waals surface area contributed by atoms with E-state index in [0.29, 0.717) is 0 Å². The number of benzene rings is 1. The fourth-order valence-corrected chi connectivity index (χ4v) is 1.87. The number of nitrogens with zero attached hydrogens (tertiary/aromatic N) is 2. The fourth-order valence-electron chi connectivity index (χ4n) is 1.56. The molecule has 2 aromatic rings. The van der Waals surface area contributed by atoms with E-state index in [0.717, 1.165) is 11.3 Å². The van der Waals surface area contributed by atoms with Gasteiger partial charge in [0.15, 0.2) is 0 Å². The second-order valence-electron chi connectivity index (χ2n) is 3.52. The maximum Gasteiger partial charge on any atom is 0.116 e. The van der Waals surface area contributed by atoms with Crippen molar-refractivity contribution < 1.29 is 0 Å². The summed E-state index contributed by atoms with van der Waals surface area (Å²) in [6.45, 7) is 4.25. The molecule has 1 aromatic carbocycles. The molecule has 1 heterocycles. The van der Waals surface area contributed by atoms with Crippen molar-refractivity contribution in [1.29, 1.82) is 0 Å². The van der Waals surface area contributed by atoms with Gasteiger partial charge in [0.05, 0.1) is 5.69 Å². The van der Waals surface area contributed by atoms with E-state index in [2.05, 4.69) is 58.5 Å². The standard InChI is InChI=1S/C12H11IN2/c1-8-5-10(6-9(2)12(8)13)11-3-4-14-7-15-11/h3-7H,1-2H3. The predicted molar refractivity (Wildman–Crippen MR) is 69.7 cm³/mol. The van der Waals surface area contributed by atoms with E-state index in [1.807, 2.05) is 6.07 Å². The molecule has 0 aliphatic heterocycles. The SMILES string of the molecule is Cc1cc(-c2ccncn2)cc(C)c1I. The van der Waals surface area contributed by atoms with Gasteiger partial charge in [-0.15, -0.1) is 0 Å². The molecule has 3 heteroatoms. The maximum absolute atomic E-state index is 4.25. The van der Waals surface area contributed by atoms with Crippen LogP contribution < -0.4 is 0 Å². The minimum absolute atomic E-state index is 0.979. The minimum Gasteiger partial charge on any atom is -0.245 e. The topological polar surface area (TPSA) is 25.8 Å². The average Bonchev–Trinajstić information content (AvgIpc) is 2.26. The highest BCUT2D eigenvalue weighted by atomic mass is 127. The van der Waals surface area contributed by atoms with Crippen molar-refractivity contribution in [2.24, 2.45) is 0 Å². The molecule has 0 aliphatic carbocycles. The molecule has 0 N–H and O–H groups in total. The maximum atomic E-state index is 4.25. The average molecular weight is 310 g/mol. The predicted octanol–water partition coefficient (Wildman–Crippen LogP) is 3.37. The number of halogens is 1. The summed E-state index contributed by atoms with van der Waals surface area (Å²) in [6.07, 6.45) is 3.35. The molecule has 15 heavy (non-hydrogen) atoms.